The van der Waals surface area contributed by atoms with Crippen LogP contribution in [0.15, 0.2) is 54.6 Å². The van der Waals surface area contributed by atoms with Gasteiger partial charge in [0.15, 0.2) is 0 Å². The molecule has 0 aliphatic heterocycles. The summed E-state index contributed by atoms with van der Waals surface area (Å²) in [4.78, 5) is 38.4. The van der Waals surface area contributed by atoms with E-state index in [0.717, 1.165) is 38.5 Å². The number of carbonyl (C=O) groups excluding carboxylic acids is 3. The molecule has 0 unspecified atom stereocenters. The van der Waals surface area contributed by atoms with E-state index in [1.807, 2.05) is 25.1 Å². The zero-order chi connectivity index (χ0) is 25.3. The molecule has 0 saturated carbocycles. The average molecular weight is 484 g/mol. The number of carbonyl (C=O) groups is 3. The minimum absolute atomic E-state index is 0.0721. The summed E-state index contributed by atoms with van der Waals surface area (Å²) in [6, 6.07) is 15.4. The van der Waals surface area contributed by atoms with Crippen LogP contribution in [-0.4, -0.2) is 54.2 Å². The van der Waals surface area contributed by atoms with E-state index in [4.69, 9.17) is 4.74 Å². The van der Waals surface area contributed by atoms with Crippen molar-refractivity contribution < 1.29 is 24.2 Å². The Morgan fingerprint density at radius 3 is 2.31 bits per heavy atom. The summed E-state index contributed by atoms with van der Waals surface area (Å²) in [5.74, 6) is -0.157. The third-order valence-electron chi connectivity index (χ3n) is 5.42. The van der Waals surface area contributed by atoms with E-state index < -0.39 is 6.09 Å². The first-order chi connectivity index (χ1) is 17.0. The molecule has 0 bridgehead atoms. The molecule has 35 heavy (non-hydrogen) atoms. The molecular formula is C27H37N3O5. The standard InChI is InChI=1S/C27H37N3O5/c1-2-3-21-35-27(34)30(20-17-25(32)29-23-13-15-24(31)16-14-23)19-10-5-4-9-18-28-26(33)22-11-7-6-8-12-22/h6-8,11-16,31H,2-5,9-10,17-21H2,1H3,(H,28,33)(H,29,32). The summed E-state index contributed by atoms with van der Waals surface area (Å²) < 4.78 is 5.35. The Balaban J connectivity index is 1.69. The number of unbranched alkanes of at least 4 members (excludes halogenated alkanes) is 4. The number of phenolic OH excluding ortho intramolecular Hbond substituents is 1. The maximum Gasteiger partial charge on any atom is 0.409 e. The lowest BCUT2D eigenvalue weighted by molar-refractivity contribution is -0.116. The van der Waals surface area contributed by atoms with Gasteiger partial charge in [-0.1, -0.05) is 44.4 Å². The van der Waals surface area contributed by atoms with Gasteiger partial charge in [0.25, 0.3) is 5.91 Å². The molecule has 2 aromatic rings. The smallest absolute Gasteiger partial charge is 0.409 e. The Bertz CT molecular complexity index is 903. The van der Waals surface area contributed by atoms with Crippen molar-refractivity contribution in [3.8, 4) is 5.75 Å². The van der Waals surface area contributed by atoms with Gasteiger partial charge in [-0.15, -0.1) is 0 Å². The number of benzene rings is 2. The third-order valence-corrected chi connectivity index (χ3v) is 5.42. The van der Waals surface area contributed by atoms with Crippen LogP contribution in [0.3, 0.4) is 0 Å². The number of aromatic hydroxyl groups is 1. The quantitative estimate of drug-likeness (QED) is 0.245. The fourth-order valence-corrected chi connectivity index (χ4v) is 3.37. The maximum absolute atomic E-state index is 12.5. The zero-order valence-electron chi connectivity index (χ0n) is 20.5. The van der Waals surface area contributed by atoms with Crippen LogP contribution in [-0.2, 0) is 9.53 Å². The number of hydrogen-bond donors (Lipinski definition) is 3. The lowest BCUT2D eigenvalue weighted by Crippen LogP contribution is -2.35. The number of rotatable bonds is 15. The number of anilines is 1. The largest absolute Gasteiger partial charge is 0.508 e. The summed E-state index contributed by atoms with van der Waals surface area (Å²) in [5.41, 5.74) is 1.24. The second-order valence-corrected chi connectivity index (χ2v) is 8.34. The number of hydrogen-bond acceptors (Lipinski definition) is 5. The Labute approximate surface area is 207 Å². The molecule has 0 aliphatic rings. The highest BCUT2D eigenvalue weighted by atomic mass is 16.6. The predicted octanol–water partition coefficient (Wildman–Crippen LogP) is 4.95. The Kier molecular flexibility index (Phi) is 12.8. The van der Waals surface area contributed by atoms with E-state index in [1.165, 1.54) is 12.1 Å². The first-order valence-corrected chi connectivity index (χ1v) is 12.3. The summed E-state index contributed by atoms with van der Waals surface area (Å²) in [6.45, 7) is 3.78. The van der Waals surface area contributed by atoms with Crippen molar-refractivity contribution in [2.45, 2.75) is 51.9 Å². The van der Waals surface area contributed by atoms with Gasteiger partial charge < -0.3 is 25.4 Å². The molecule has 8 heteroatoms. The normalized spacial score (nSPS) is 10.4. The molecule has 0 saturated heterocycles. The van der Waals surface area contributed by atoms with Crippen LogP contribution in [0.1, 0.15) is 62.2 Å². The van der Waals surface area contributed by atoms with Crippen LogP contribution in [0.5, 0.6) is 5.75 Å². The second kappa shape index (κ2) is 16.1. The lowest BCUT2D eigenvalue weighted by Gasteiger charge is -2.22. The van der Waals surface area contributed by atoms with Crippen molar-refractivity contribution in [1.29, 1.82) is 0 Å². The highest BCUT2D eigenvalue weighted by Gasteiger charge is 2.16. The van der Waals surface area contributed by atoms with Gasteiger partial charge in [0, 0.05) is 37.3 Å². The Morgan fingerprint density at radius 1 is 0.886 bits per heavy atom. The first-order valence-electron chi connectivity index (χ1n) is 12.3. The molecule has 0 spiro atoms. The van der Waals surface area contributed by atoms with Gasteiger partial charge in [-0.05, 0) is 55.7 Å². The van der Waals surface area contributed by atoms with Crippen molar-refractivity contribution >= 4 is 23.6 Å². The summed E-state index contributed by atoms with van der Waals surface area (Å²) in [5, 5.41) is 15.0. The molecule has 0 atom stereocenters. The van der Waals surface area contributed by atoms with Gasteiger partial charge in [0.2, 0.25) is 5.91 Å². The van der Waals surface area contributed by atoms with Gasteiger partial charge in [-0.2, -0.15) is 0 Å². The van der Waals surface area contributed by atoms with Crippen LogP contribution >= 0.6 is 0 Å². The van der Waals surface area contributed by atoms with Crippen molar-refractivity contribution in [3.05, 3.63) is 60.2 Å². The van der Waals surface area contributed by atoms with Gasteiger partial charge in [-0.3, -0.25) is 9.59 Å². The first kappa shape index (κ1) is 27.7. The highest BCUT2D eigenvalue weighted by molar-refractivity contribution is 5.94. The van der Waals surface area contributed by atoms with E-state index in [1.54, 1.807) is 29.2 Å². The van der Waals surface area contributed by atoms with E-state index in [-0.39, 0.29) is 30.5 Å². The monoisotopic (exact) mass is 483 g/mol. The summed E-state index contributed by atoms with van der Waals surface area (Å²) >= 11 is 0. The predicted molar refractivity (Wildman–Crippen MR) is 136 cm³/mol. The van der Waals surface area contributed by atoms with Gasteiger partial charge in [0.05, 0.1) is 6.61 Å². The van der Waals surface area contributed by atoms with E-state index >= 15 is 0 Å². The molecule has 2 aromatic carbocycles. The molecule has 0 aliphatic carbocycles. The van der Waals surface area contributed by atoms with Gasteiger partial charge in [-0.25, -0.2) is 4.79 Å². The Hall–Kier alpha value is -3.55. The van der Waals surface area contributed by atoms with Crippen molar-refractivity contribution in [1.82, 2.24) is 10.2 Å². The second-order valence-electron chi connectivity index (χ2n) is 8.34. The van der Waals surface area contributed by atoms with Crippen molar-refractivity contribution in [2.75, 3.05) is 31.6 Å². The number of nitrogens with one attached hydrogen (secondary N) is 2. The number of amides is 3. The molecule has 3 N–H and O–H groups in total. The van der Waals surface area contributed by atoms with Crippen LogP contribution in [0.2, 0.25) is 0 Å². The number of phenols is 1. The molecular weight excluding hydrogens is 446 g/mol. The van der Waals surface area contributed by atoms with Crippen LogP contribution in [0.25, 0.3) is 0 Å². The highest BCUT2D eigenvalue weighted by Crippen LogP contribution is 2.14. The topological polar surface area (TPSA) is 108 Å². The average Bonchev–Trinajstić information content (AvgIpc) is 2.87. The molecule has 8 nitrogen and oxygen atoms in total. The van der Waals surface area contributed by atoms with Crippen molar-refractivity contribution in [3.63, 3.8) is 0 Å². The minimum atomic E-state index is -0.397. The fraction of sp³-hybridized carbons (Fsp3) is 0.444. The van der Waals surface area contributed by atoms with E-state index in [2.05, 4.69) is 10.6 Å². The zero-order valence-corrected chi connectivity index (χ0v) is 20.5. The minimum Gasteiger partial charge on any atom is -0.508 e. The van der Waals surface area contributed by atoms with Gasteiger partial charge >= 0.3 is 6.09 Å². The van der Waals surface area contributed by atoms with Crippen molar-refractivity contribution in [2.24, 2.45) is 0 Å². The molecule has 3 amide bonds. The van der Waals surface area contributed by atoms with Crippen LogP contribution in [0, 0.1) is 0 Å². The number of ether oxygens (including phenoxy) is 1. The molecule has 2 rings (SSSR count). The Morgan fingerprint density at radius 2 is 1.60 bits per heavy atom. The van der Waals surface area contributed by atoms with E-state index in [9.17, 15) is 19.5 Å². The molecule has 0 heterocycles. The third kappa shape index (κ3) is 11.4. The fourth-order valence-electron chi connectivity index (χ4n) is 3.37. The molecule has 190 valence electrons. The van der Waals surface area contributed by atoms with Crippen LogP contribution in [0.4, 0.5) is 10.5 Å². The lowest BCUT2D eigenvalue weighted by atomic mass is 10.1. The van der Waals surface area contributed by atoms with Gasteiger partial charge in [0.1, 0.15) is 5.75 Å². The number of nitrogens with zero attached hydrogens (tertiary/aromatic N) is 1. The maximum atomic E-state index is 12.5. The summed E-state index contributed by atoms with van der Waals surface area (Å²) in [6.07, 6.45) is 4.96. The summed E-state index contributed by atoms with van der Waals surface area (Å²) in [7, 11) is 0. The van der Waals surface area contributed by atoms with Crippen LogP contribution < -0.4 is 10.6 Å². The molecule has 0 aromatic heterocycles. The molecule has 0 radical (unpaired) electrons. The molecule has 0 fully saturated rings. The van der Waals surface area contributed by atoms with E-state index in [0.29, 0.717) is 30.9 Å². The SMILES string of the molecule is CCCCOC(=O)N(CCCCCCNC(=O)c1ccccc1)CCC(=O)Nc1ccc(O)cc1.